The largest absolute Gasteiger partial charge is 0.398 e. The molecule has 0 radical (unpaired) electrons. The van der Waals surface area contributed by atoms with Crippen LogP contribution < -0.4 is 0 Å². The molecule has 0 amide bonds. The first-order valence-corrected chi connectivity index (χ1v) is 13.4. The van der Waals surface area contributed by atoms with Gasteiger partial charge in [-0.25, -0.2) is 25.2 Å². The van der Waals surface area contributed by atoms with Crippen molar-refractivity contribution in [2.45, 2.75) is 36.2 Å². The summed E-state index contributed by atoms with van der Waals surface area (Å²) in [5.41, 5.74) is -3.96. The summed E-state index contributed by atoms with van der Waals surface area (Å²) in [5.74, 6) is -1.66. The molecule has 0 fully saturated rings. The third kappa shape index (κ3) is 8.08. The molecule has 2 atom stereocenters. The van der Waals surface area contributed by atoms with Gasteiger partial charge >= 0.3 is 20.8 Å². The van der Waals surface area contributed by atoms with Gasteiger partial charge in [0.1, 0.15) is 0 Å². The predicted octanol–water partition coefficient (Wildman–Crippen LogP) is -0.153. The van der Waals surface area contributed by atoms with Gasteiger partial charge in [-0.1, -0.05) is 24.3 Å². The topological polar surface area (TPSA) is 195 Å². The van der Waals surface area contributed by atoms with Crippen LogP contribution in [-0.4, -0.2) is 53.6 Å². The summed E-state index contributed by atoms with van der Waals surface area (Å²) in [4.78, 5) is 0. The molecule has 16 heteroatoms. The Hall–Kier alpha value is -1.14. The Labute approximate surface area is 163 Å². The highest BCUT2D eigenvalue weighted by Crippen LogP contribution is 2.21. The summed E-state index contributed by atoms with van der Waals surface area (Å²) >= 11 is 0. The molecule has 0 aliphatic carbocycles. The van der Waals surface area contributed by atoms with Gasteiger partial charge in [0.15, 0.2) is 30.5 Å². The Morgan fingerprint density at radius 1 is 0.714 bits per heavy atom. The van der Waals surface area contributed by atoms with Crippen LogP contribution in [0.15, 0.2) is 24.3 Å². The molecule has 0 spiro atoms. The maximum atomic E-state index is 12.2. The number of hydrogen-bond donors (Lipinski definition) is 2. The minimum Gasteiger partial charge on any atom is -0.263 e. The van der Waals surface area contributed by atoms with E-state index in [1.165, 1.54) is 24.3 Å². The SMILES string of the molecule is CC(OS(=O)(=O)O)S(=O)(=O)Cc1ccccc1CS(=O)(=O)C(C)OS(=O)(=O)O. The zero-order chi connectivity index (χ0) is 22.0. The van der Waals surface area contributed by atoms with Crippen molar-refractivity contribution in [2.24, 2.45) is 0 Å². The Bertz CT molecular complexity index is 1030. The number of benzene rings is 1. The maximum absolute atomic E-state index is 12.2. The molecule has 0 bridgehead atoms. The molecule has 12 nitrogen and oxygen atoms in total. The highest BCUT2D eigenvalue weighted by atomic mass is 32.3. The third-order valence-corrected chi connectivity index (χ3v) is 8.31. The second-order valence-electron chi connectivity index (χ2n) is 5.57. The maximum Gasteiger partial charge on any atom is 0.398 e. The molecule has 0 saturated heterocycles. The van der Waals surface area contributed by atoms with Crippen LogP contribution in [0.4, 0.5) is 0 Å². The summed E-state index contributed by atoms with van der Waals surface area (Å²) in [6.07, 6.45) is 0. The molecule has 28 heavy (non-hydrogen) atoms. The Morgan fingerprint density at radius 3 is 1.25 bits per heavy atom. The van der Waals surface area contributed by atoms with Gasteiger partial charge in [-0.05, 0) is 25.0 Å². The van der Waals surface area contributed by atoms with Crippen molar-refractivity contribution in [3.63, 3.8) is 0 Å². The lowest BCUT2D eigenvalue weighted by molar-refractivity contribution is 0.250. The minimum atomic E-state index is -5.04. The molecular formula is C12H18O12S4. The average Bonchev–Trinajstić information content (AvgIpc) is 2.45. The first-order valence-electron chi connectivity index (χ1n) is 7.24. The van der Waals surface area contributed by atoms with Crippen LogP contribution in [0.2, 0.25) is 0 Å². The molecule has 2 N–H and O–H groups in total. The van der Waals surface area contributed by atoms with Gasteiger partial charge in [0, 0.05) is 0 Å². The van der Waals surface area contributed by atoms with Crippen LogP contribution in [0.3, 0.4) is 0 Å². The number of hydrogen-bond acceptors (Lipinski definition) is 10. The van der Waals surface area contributed by atoms with E-state index in [4.69, 9.17) is 9.11 Å². The lowest BCUT2D eigenvalue weighted by Gasteiger charge is -2.16. The van der Waals surface area contributed by atoms with Crippen LogP contribution >= 0.6 is 0 Å². The van der Waals surface area contributed by atoms with Gasteiger partial charge < -0.3 is 0 Å². The van der Waals surface area contributed by atoms with E-state index in [1.54, 1.807) is 0 Å². The second-order valence-corrected chi connectivity index (χ2v) is 12.2. The summed E-state index contributed by atoms with van der Waals surface area (Å²) in [7, 11) is -18.7. The van der Waals surface area contributed by atoms with Crippen molar-refractivity contribution in [2.75, 3.05) is 0 Å². The summed E-state index contributed by atoms with van der Waals surface area (Å²) in [6, 6.07) is 5.31. The van der Waals surface area contributed by atoms with Crippen LogP contribution in [-0.2, 0) is 60.3 Å². The Morgan fingerprint density at radius 2 is 1.00 bits per heavy atom. The van der Waals surface area contributed by atoms with Crippen molar-refractivity contribution in [3.8, 4) is 0 Å². The van der Waals surface area contributed by atoms with Crippen molar-refractivity contribution in [1.82, 2.24) is 0 Å². The molecule has 1 aromatic carbocycles. The molecule has 1 rings (SSSR count). The monoisotopic (exact) mass is 482 g/mol. The molecular weight excluding hydrogens is 464 g/mol. The van der Waals surface area contributed by atoms with Crippen LogP contribution in [0.1, 0.15) is 25.0 Å². The van der Waals surface area contributed by atoms with Crippen LogP contribution in [0, 0.1) is 0 Å². The molecule has 2 unspecified atom stereocenters. The van der Waals surface area contributed by atoms with E-state index < -0.39 is 62.9 Å². The van der Waals surface area contributed by atoms with Crippen LogP contribution in [0.25, 0.3) is 0 Å². The average molecular weight is 483 g/mol. The molecule has 0 heterocycles. The third-order valence-electron chi connectivity index (χ3n) is 3.36. The smallest absolute Gasteiger partial charge is 0.263 e. The van der Waals surface area contributed by atoms with Crippen molar-refractivity contribution >= 4 is 40.5 Å². The highest BCUT2D eigenvalue weighted by Gasteiger charge is 2.30. The van der Waals surface area contributed by atoms with E-state index in [0.29, 0.717) is 0 Å². The summed E-state index contributed by atoms with van der Waals surface area (Å²) in [6.45, 7) is 1.73. The fourth-order valence-electron chi connectivity index (χ4n) is 1.97. The van der Waals surface area contributed by atoms with E-state index in [-0.39, 0.29) is 11.1 Å². The second kappa shape index (κ2) is 8.70. The standard InChI is InChI=1S/C12H18O12S4/c1-9(23-27(17,18)19)25(13,14)7-11-5-3-4-6-12(11)8-26(15,16)10(2)24-28(20,21)22/h3-6,9-10H,7-8H2,1-2H3,(H,17,18,19)(H,20,21,22). The van der Waals surface area contributed by atoms with E-state index in [1.807, 2.05) is 0 Å². The minimum absolute atomic E-state index is 0.0316. The highest BCUT2D eigenvalue weighted by molar-refractivity contribution is 7.92. The molecule has 0 aliphatic rings. The van der Waals surface area contributed by atoms with Gasteiger partial charge in [0.2, 0.25) is 0 Å². The number of sulfone groups is 2. The first-order chi connectivity index (χ1) is 12.4. The molecule has 0 aliphatic heterocycles. The van der Waals surface area contributed by atoms with Gasteiger partial charge in [-0.2, -0.15) is 16.8 Å². The van der Waals surface area contributed by atoms with Gasteiger partial charge in [-0.15, -0.1) is 0 Å². The van der Waals surface area contributed by atoms with E-state index in [9.17, 15) is 33.7 Å². The first kappa shape index (κ1) is 24.9. The van der Waals surface area contributed by atoms with Gasteiger partial charge in [0.25, 0.3) is 0 Å². The lowest BCUT2D eigenvalue weighted by Crippen LogP contribution is -2.27. The molecule has 1 aromatic rings. The molecule has 0 aromatic heterocycles. The van der Waals surface area contributed by atoms with Crippen LogP contribution in [0.5, 0.6) is 0 Å². The van der Waals surface area contributed by atoms with Gasteiger partial charge in [0.05, 0.1) is 11.5 Å². The summed E-state index contributed by atoms with van der Waals surface area (Å²) in [5, 5.41) is 0. The zero-order valence-electron chi connectivity index (χ0n) is 14.5. The van der Waals surface area contributed by atoms with E-state index in [2.05, 4.69) is 8.37 Å². The summed E-state index contributed by atoms with van der Waals surface area (Å²) < 4.78 is 117. The zero-order valence-corrected chi connectivity index (χ0v) is 17.8. The predicted molar refractivity (Wildman–Crippen MR) is 95.9 cm³/mol. The molecule has 0 saturated carbocycles. The lowest BCUT2D eigenvalue weighted by atomic mass is 10.1. The fourth-order valence-corrected chi connectivity index (χ4v) is 6.11. The normalized spacial score (nSPS) is 15.9. The van der Waals surface area contributed by atoms with Crippen molar-refractivity contribution < 1.29 is 51.1 Å². The van der Waals surface area contributed by atoms with Crippen molar-refractivity contribution in [3.05, 3.63) is 35.4 Å². The Balaban J connectivity index is 3.15. The molecule has 162 valence electrons. The van der Waals surface area contributed by atoms with E-state index >= 15 is 0 Å². The van der Waals surface area contributed by atoms with Gasteiger partial charge in [-0.3, -0.25) is 9.11 Å². The quantitative estimate of drug-likeness (QED) is 0.419. The van der Waals surface area contributed by atoms with E-state index in [0.717, 1.165) is 13.8 Å². The van der Waals surface area contributed by atoms with Crippen molar-refractivity contribution in [1.29, 1.82) is 0 Å². The fraction of sp³-hybridized carbons (Fsp3) is 0.500. The Kier molecular flexibility index (Phi) is 7.74. The number of rotatable bonds is 10.